The zero-order chi connectivity index (χ0) is 16.1. The van der Waals surface area contributed by atoms with E-state index in [-0.39, 0.29) is 12.0 Å². The number of hydrogen-bond acceptors (Lipinski definition) is 3. The van der Waals surface area contributed by atoms with Crippen molar-refractivity contribution < 1.29 is 9.53 Å². The molecule has 22 heavy (non-hydrogen) atoms. The normalized spacial score (nSPS) is 13.5. The SMILES string of the molecule is COC(C)c1cccc(NC(=O)C(N)c2ccc(C)cc2)c1. The lowest BCUT2D eigenvalue weighted by Gasteiger charge is -2.15. The van der Waals surface area contributed by atoms with Crippen molar-refractivity contribution in [3.8, 4) is 0 Å². The van der Waals surface area contributed by atoms with Gasteiger partial charge in [0.05, 0.1) is 6.10 Å². The third-order valence-corrected chi connectivity index (χ3v) is 3.70. The summed E-state index contributed by atoms with van der Waals surface area (Å²) < 4.78 is 5.29. The average Bonchev–Trinajstić information content (AvgIpc) is 2.54. The highest BCUT2D eigenvalue weighted by Crippen LogP contribution is 2.21. The second-order valence-electron chi connectivity index (χ2n) is 5.38. The quantitative estimate of drug-likeness (QED) is 0.889. The van der Waals surface area contributed by atoms with Crippen LogP contribution in [0.2, 0.25) is 0 Å². The lowest BCUT2D eigenvalue weighted by molar-refractivity contribution is -0.117. The van der Waals surface area contributed by atoms with Crippen LogP contribution < -0.4 is 11.1 Å². The molecule has 0 aromatic heterocycles. The number of rotatable bonds is 5. The third kappa shape index (κ3) is 3.93. The van der Waals surface area contributed by atoms with Gasteiger partial charge in [-0.15, -0.1) is 0 Å². The Morgan fingerprint density at radius 3 is 2.45 bits per heavy atom. The summed E-state index contributed by atoms with van der Waals surface area (Å²) >= 11 is 0. The molecule has 0 saturated carbocycles. The molecule has 116 valence electrons. The van der Waals surface area contributed by atoms with E-state index >= 15 is 0 Å². The molecule has 2 unspecified atom stereocenters. The predicted molar refractivity (Wildman–Crippen MR) is 88.6 cm³/mol. The highest BCUT2D eigenvalue weighted by atomic mass is 16.5. The molecule has 4 heteroatoms. The number of carbonyl (C=O) groups excluding carboxylic acids is 1. The number of anilines is 1. The van der Waals surface area contributed by atoms with Crippen LogP contribution in [0.15, 0.2) is 48.5 Å². The van der Waals surface area contributed by atoms with Gasteiger partial charge in [-0.3, -0.25) is 4.79 Å². The van der Waals surface area contributed by atoms with Gasteiger partial charge >= 0.3 is 0 Å². The number of benzene rings is 2. The molecule has 0 aliphatic rings. The van der Waals surface area contributed by atoms with Crippen molar-refractivity contribution >= 4 is 11.6 Å². The van der Waals surface area contributed by atoms with E-state index in [2.05, 4.69) is 5.32 Å². The zero-order valence-electron chi connectivity index (χ0n) is 13.2. The number of aryl methyl sites for hydroxylation is 1. The van der Waals surface area contributed by atoms with Crippen LogP contribution in [-0.2, 0) is 9.53 Å². The summed E-state index contributed by atoms with van der Waals surface area (Å²) in [7, 11) is 1.66. The fourth-order valence-corrected chi connectivity index (χ4v) is 2.15. The Labute approximate surface area is 131 Å². The number of amides is 1. The average molecular weight is 298 g/mol. The lowest BCUT2D eigenvalue weighted by atomic mass is 10.0. The van der Waals surface area contributed by atoms with Gasteiger partial charge in [-0.1, -0.05) is 42.0 Å². The van der Waals surface area contributed by atoms with Gasteiger partial charge in [0.2, 0.25) is 5.91 Å². The smallest absolute Gasteiger partial charge is 0.245 e. The fraction of sp³-hybridized carbons (Fsp3) is 0.278. The molecule has 0 fully saturated rings. The minimum atomic E-state index is -0.691. The van der Waals surface area contributed by atoms with Crippen molar-refractivity contribution in [1.29, 1.82) is 0 Å². The van der Waals surface area contributed by atoms with Crippen LogP contribution in [0.1, 0.15) is 35.8 Å². The lowest BCUT2D eigenvalue weighted by Crippen LogP contribution is -2.27. The Morgan fingerprint density at radius 1 is 1.14 bits per heavy atom. The third-order valence-electron chi connectivity index (χ3n) is 3.70. The Balaban J connectivity index is 2.09. The van der Waals surface area contributed by atoms with Gasteiger partial charge in [0.15, 0.2) is 0 Å². The van der Waals surface area contributed by atoms with E-state index < -0.39 is 6.04 Å². The second-order valence-corrected chi connectivity index (χ2v) is 5.38. The molecular weight excluding hydrogens is 276 g/mol. The van der Waals surface area contributed by atoms with Gasteiger partial charge in [0.1, 0.15) is 6.04 Å². The van der Waals surface area contributed by atoms with Crippen LogP contribution in [0.4, 0.5) is 5.69 Å². The summed E-state index contributed by atoms with van der Waals surface area (Å²) in [6.45, 7) is 3.96. The van der Waals surface area contributed by atoms with Gasteiger partial charge in [-0.25, -0.2) is 0 Å². The molecule has 0 heterocycles. The molecule has 0 saturated heterocycles. The monoisotopic (exact) mass is 298 g/mol. The van der Waals surface area contributed by atoms with Crippen molar-refractivity contribution in [2.45, 2.75) is 26.0 Å². The summed E-state index contributed by atoms with van der Waals surface area (Å²) in [5.41, 5.74) is 9.68. The maximum atomic E-state index is 12.3. The molecule has 0 spiro atoms. The predicted octanol–water partition coefficient (Wildman–Crippen LogP) is 3.34. The molecule has 1 amide bonds. The molecular formula is C18H22N2O2. The molecule has 2 atom stereocenters. The van der Waals surface area contributed by atoms with E-state index in [1.165, 1.54) is 0 Å². The van der Waals surface area contributed by atoms with Crippen molar-refractivity contribution in [3.63, 3.8) is 0 Å². The highest BCUT2D eigenvalue weighted by Gasteiger charge is 2.16. The van der Waals surface area contributed by atoms with Crippen LogP contribution in [0.5, 0.6) is 0 Å². The molecule has 0 aliphatic heterocycles. The van der Waals surface area contributed by atoms with Crippen molar-refractivity contribution in [2.75, 3.05) is 12.4 Å². The minimum absolute atomic E-state index is 0.0253. The summed E-state index contributed by atoms with van der Waals surface area (Å²) in [6, 6.07) is 14.5. The number of nitrogens with two attached hydrogens (primary N) is 1. The Morgan fingerprint density at radius 2 is 1.82 bits per heavy atom. The van der Waals surface area contributed by atoms with Gasteiger partial charge in [0, 0.05) is 12.8 Å². The van der Waals surface area contributed by atoms with Crippen molar-refractivity contribution in [3.05, 3.63) is 65.2 Å². The van der Waals surface area contributed by atoms with Crippen LogP contribution in [0.3, 0.4) is 0 Å². The first kappa shape index (κ1) is 16.2. The van der Waals surface area contributed by atoms with Crippen LogP contribution in [0.25, 0.3) is 0 Å². The first-order valence-corrected chi connectivity index (χ1v) is 7.27. The summed E-state index contributed by atoms with van der Waals surface area (Å²) in [6.07, 6.45) is -0.0253. The molecule has 3 N–H and O–H groups in total. The molecule has 0 bridgehead atoms. The fourth-order valence-electron chi connectivity index (χ4n) is 2.15. The van der Waals surface area contributed by atoms with Gasteiger partial charge < -0.3 is 15.8 Å². The highest BCUT2D eigenvalue weighted by molar-refractivity contribution is 5.95. The van der Waals surface area contributed by atoms with Crippen LogP contribution >= 0.6 is 0 Å². The van der Waals surface area contributed by atoms with E-state index in [0.717, 1.165) is 16.7 Å². The zero-order valence-corrected chi connectivity index (χ0v) is 13.2. The number of methoxy groups -OCH3 is 1. The molecule has 2 aromatic carbocycles. The molecule has 4 nitrogen and oxygen atoms in total. The second kappa shape index (κ2) is 7.20. The van der Waals surface area contributed by atoms with Crippen LogP contribution in [0, 0.1) is 6.92 Å². The first-order valence-electron chi connectivity index (χ1n) is 7.27. The Kier molecular flexibility index (Phi) is 5.31. The van der Waals surface area contributed by atoms with E-state index in [1.807, 2.05) is 62.4 Å². The van der Waals surface area contributed by atoms with Gasteiger partial charge in [-0.05, 0) is 37.1 Å². The van der Waals surface area contributed by atoms with Gasteiger partial charge in [-0.2, -0.15) is 0 Å². The summed E-state index contributed by atoms with van der Waals surface area (Å²) in [4.78, 5) is 12.3. The molecule has 0 aliphatic carbocycles. The van der Waals surface area contributed by atoms with E-state index in [1.54, 1.807) is 7.11 Å². The minimum Gasteiger partial charge on any atom is -0.377 e. The van der Waals surface area contributed by atoms with E-state index in [9.17, 15) is 4.79 Å². The largest absolute Gasteiger partial charge is 0.377 e. The van der Waals surface area contributed by atoms with Crippen molar-refractivity contribution in [1.82, 2.24) is 0 Å². The maximum absolute atomic E-state index is 12.3. The number of nitrogens with one attached hydrogen (secondary N) is 1. The topological polar surface area (TPSA) is 64.3 Å². The first-order chi connectivity index (χ1) is 10.5. The molecule has 0 radical (unpaired) electrons. The Hall–Kier alpha value is -2.17. The van der Waals surface area contributed by atoms with E-state index in [4.69, 9.17) is 10.5 Å². The number of hydrogen-bond donors (Lipinski definition) is 2. The van der Waals surface area contributed by atoms with Crippen LogP contribution in [-0.4, -0.2) is 13.0 Å². The Bertz CT molecular complexity index is 638. The number of ether oxygens (including phenoxy) is 1. The van der Waals surface area contributed by atoms with Crippen molar-refractivity contribution in [2.24, 2.45) is 5.73 Å². The standard InChI is InChI=1S/C18H22N2O2/c1-12-7-9-14(10-8-12)17(19)18(21)20-16-6-4-5-15(11-16)13(2)22-3/h4-11,13,17H,19H2,1-3H3,(H,20,21). The molecule has 2 rings (SSSR count). The maximum Gasteiger partial charge on any atom is 0.245 e. The summed E-state index contributed by atoms with van der Waals surface area (Å²) in [5.74, 6) is -0.230. The molecule has 2 aromatic rings. The number of carbonyl (C=O) groups is 1. The van der Waals surface area contributed by atoms with Gasteiger partial charge in [0.25, 0.3) is 0 Å². The van der Waals surface area contributed by atoms with E-state index in [0.29, 0.717) is 5.69 Å². The summed E-state index contributed by atoms with van der Waals surface area (Å²) in [5, 5.41) is 2.85.